The van der Waals surface area contributed by atoms with Crippen LogP contribution in [0.3, 0.4) is 0 Å². The molecule has 112 valence electrons. The van der Waals surface area contributed by atoms with Crippen LogP contribution in [0.5, 0.6) is 0 Å². The lowest BCUT2D eigenvalue weighted by atomic mass is 9.83. The van der Waals surface area contributed by atoms with E-state index in [9.17, 15) is 9.90 Å². The molecule has 0 aliphatic carbocycles. The second-order valence-electron chi connectivity index (χ2n) is 4.88. The third-order valence-electron chi connectivity index (χ3n) is 3.68. The number of halogens is 1. The quantitative estimate of drug-likeness (QED) is 0.698. The molecule has 1 amide bonds. The topological polar surface area (TPSA) is 49.3 Å². The molecule has 0 aliphatic rings. The van der Waals surface area contributed by atoms with E-state index < -0.39 is 0 Å². The Labute approximate surface area is 133 Å². The van der Waals surface area contributed by atoms with Gasteiger partial charge in [0, 0.05) is 21.3 Å². The standard InChI is InChI=1S/C15H22BrNO2S/c1-3-15(4-2,11-18)10-17-14(19)9-20-13-7-5-12(16)6-8-13/h5-8,18H,3-4,9-11H2,1-2H3,(H,17,19). The zero-order valence-electron chi connectivity index (χ0n) is 12.0. The number of aliphatic hydroxyl groups is 1. The van der Waals surface area contributed by atoms with E-state index in [2.05, 4.69) is 21.2 Å². The highest BCUT2D eigenvalue weighted by Crippen LogP contribution is 2.24. The summed E-state index contributed by atoms with van der Waals surface area (Å²) in [5, 5.41) is 12.4. The van der Waals surface area contributed by atoms with Crippen molar-refractivity contribution < 1.29 is 9.90 Å². The summed E-state index contributed by atoms with van der Waals surface area (Å²) in [4.78, 5) is 12.9. The van der Waals surface area contributed by atoms with Crippen molar-refractivity contribution in [2.24, 2.45) is 5.41 Å². The maximum Gasteiger partial charge on any atom is 0.230 e. The number of thioether (sulfide) groups is 1. The van der Waals surface area contributed by atoms with Crippen LogP contribution in [0.2, 0.25) is 0 Å². The molecule has 0 aliphatic heterocycles. The molecule has 0 atom stereocenters. The van der Waals surface area contributed by atoms with Gasteiger partial charge < -0.3 is 10.4 Å². The molecule has 0 unspecified atom stereocenters. The van der Waals surface area contributed by atoms with Crippen LogP contribution in [0.15, 0.2) is 33.6 Å². The van der Waals surface area contributed by atoms with Crippen LogP contribution in [0.25, 0.3) is 0 Å². The number of rotatable bonds is 8. The van der Waals surface area contributed by atoms with Crippen molar-refractivity contribution in [2.45, 2.75) is 31.6 Å². The summed E-state index contributed by atoms with van der Waals surface area (Å²) in [6, 6.07) is 7.90. The highest BCUT2D eigenvalue weighted by molar-refractivity contribution is 9.10. The Kier molecular flexibility index (Phi) is 7.62. The van der Waals surface area contributed by atoms with Gasteiger partial charge in [0.1, 0.15) is 0 Å². The molecular weight excluding hydrogens is 338 g/mol. The molecule has 0 radical (unpaired) electrons. The van der Waals surface area contributed by atoms with E-state index in [0.29, 0.717) is 12.3 Å². The molecule has 0 saturated carbocycles. The fourth-order valence-electron chi connectivity index (χ4n) is 1.80. The summed E-state index contributed by atoms with van der Waals surface area (Å²) in [5.74, 6) is 0.411. The lowest BCUT2D eigenvalue weighted by Gasteiger charge is -2.29. The molecule has 0 heterocycles. The fraction of sp³-hybridized carbons (Fsp3) is 0.533. The second kappa shape index (κ2) is 8.70. The average molecular weight is 360 g/mol. The van der Waals surface area contributed by atoms with Crippen LogP contribution in [0.4, 0.5) is 0 Å². The van der Waals surface area contributed by atoms with Crippen LogP contribution in [0.1, 0.15) is 26.7 Å². The molecule has 1 aromatic rings. The Morgan fingerprint density at radius 1 is 1.30 bits per heavy atom. The van der Waals surface area contributed by atoms with Crippen molar-refractivity contribution in [1.82, 2.24) is 5.32 Å². The smallest absolute Gasteiger partial charge is 0.230 e. The summed E-state index contributed by atoms with van der Waals surface area (Å²) >= 11 is 4.90. The minimum atomic E-state index is -0.183. The number of nitrogens with one attached hydrogen (secondary N) is 1. The number of benzene rings is 1. The Morgan fingerprint density at radius 2 is 1.90 bits per heavy atom. The van der Waals surface area contributed by atoms with Crippen molar-refractivity contribution in [3.63, 3.8) is 0 Å². The highest BCUT2D eigenvalue weighted by atomic mass is 79.9. The Morgan fingerprint density at radius 3 is 2.40 bits per heavy atom. The zero-order chi connectivity index (χ0) is 15.0. The largest absolute Gasteiger partial charge is 0.396 e. The van der Waals surface area contributed by atoms with E-state index in [4.69, 9.17) is 0 Å². The number of hydrogen-bond donors (Lipinski definition) is 2. The van der Waals surface area contributed by atoms with Gasteiger partial charge in [-0.15, -0.1) is 11.8 Å². The molecule has 3 nitrogen and oxygen atoms in total. The van der Waals surface area contributed by atoms with Crippen LogP contribution >= 0.6 is 27.7 Å². The lowest BCUT2D eigenvalue weighted by molar-refractivity contribution is -0.119. The van der Waals surface area contributed by atoms with Crippen molar-refractivity contribution in [1.29, 1.82) is 0 Å². The van der Waals surface area contributed by atoms with Gasteiger partial charge >= 0.3 is 0 Å². The number of carbonyl (C=O) groups excluding carboxylic acids is 1. The first-order valence-electron chi connectivity index (χ1n) is 6.81. The maximum absolute atomic E-state index is 11.9. The summed E-state index contributed by atoms with van der Waals surface area (Å²) in [6.07, 6.45) is 1.72. The van der Waals surface area contributed by atoms with E-state index in [1.807, 2.05) is 38.1 Å². The fourth-order valence-corrected chi connectivity index (χ4v) is 2.79. The molecule has 1 aromatic carbocycles. The highest BCUT2D eigenvalue weighted by Gasteiger charge is 2.25. The lowest BCUT2D eigenvalue weighted by Crippen LogP contribution is -2.40. The molecule has 0 saturated heterocycles. The van der Waals surface area contributed by atoms with Crippen molar-refractivity contribution in [2.75, 3.05) is 18.9 Å². The monoisotopic (exact) mass is 359 g/mol. The first-order chi connectivity index (χ1) is 9.55. The zero-order valence-corrected chi connectivity index (χ0v) is 14.4. The minimum absolute atomic E-state index is 0.0117. The Bertz CT molecular complexity index is 410. The number of amides is 1. The van der Waals surface area contributed by atoms with E-state index in [-0.39, 0.29) is 17.9 Å². The average Bonchev–Trinajstić information content (AvgIpc) is 2.48. The first-order valence-corrected chi connectivity index (χ1v) is 8.59. The Balaban J connectivity index is 2.38. The molecule has 1 rings (SSSR count). The van der Waals surface area contributed by atoms with Gasteiger partial charge in [-0.1, -0.05) is 29.8 Å². The molecule has 0 fully saturated rings. The molecular formula is C15H22BrNO2S. The number of aliphatic hydroxyl groups excluding tert-OH is 1. The van der Waals surface area contributed by atoms with Gasteiger partial charge in [0.25, 0.3) is 0 Å². The summed E-state index contributed by atoms with van der Waals surface area (Å²) in [6.45, 7) is 4.74. The number of carbonyl (C=O) groups is 1. The van der Waals surface area contributed by atoms with Gasteiger partial charge in [0.15, 0.2) is 0 Å². The van der Waals surface area contributed by atoms with Gasteiger partial charge in [-0.2, -0.15) is 0 Å². The van der Waals surface area contributed by atoms with Crippen LogP contribution in [0, 0.1) is 5.41 Å². The van der Waals surface area contributed by atoms with Crippen LogP contribution in [-0.4, -0.2) is 29.9 Å². The SMILES string of the molecule is CCC(CC)(CO)CNC(=O)CSc1ccc(Br)cc1. The summed E-state index contributed by atoms with van der Waals surface area (Å²) in [5.41, 5.74) is -0.183. The molecule has 5 heteroatoms. The van der Waals surface area contributed by atoms with E-state index in [1.54, 1.807) is 0 Å². The molecule has 0 aromatic heterocycles. The summed E-state index contributed by atoms with van der Waals surface area (Å²) < 4.78 is 1.03. The van der Waals surface area contributed by atoms with Gasteiger partial charge in [-0.3, -0.25) is 4.79 Å². The normalized spacial score (nSPS) is 11.4. The predicted octanol–water partition coefficient (Wildman–Crippen LogP) is 3.46. The summed E-state index contributed by atoms with van der Waals surface area (Å²) in [7, 11) is 0. The minimum Gasteiger partial charge on any atom is -0.396 e. The van der Waals surface area contributed by atoms with Crippen LogP contribution < -0.4 is 5.32 Å². The molecule has 0 bridgehead atoms. The van der Waals surface area contributed by atoms with E-state index in [1.165, 1.54) is 11.8 Å². The third kappa shape index (κ3) is 5.46. The maximum atomic E-state index is 11.9. The molecule has 0 spiro atoms. The van der Waals surface area contributed by atoms with Gasteiger partial charge in [-0.25, -0.2) is 0 Å². The first kappa shape index (κ1) is 17.5. The van der Waals surface area contributed by atoms with Gasteiger partial charge in [-0.05, 0) is 37.1 Å². The van der Waals surface area contributed by atoms with Crippen molar-refractivity contribution >= 4 is 33.6 Å². The van der Waals surface area contributed by atoms with Gasteiger partial charge in [0.2, 0.25) is 5.91 Å². The predicted molar refractivity (Wildman–Crippen MR) is 88.0 cm³/mol. The molecule has 2 N–H and O–H groups in total. The van der Waals surface area contributed by atoms with E-state index >= 15 is 0 Å². The van der Waals surface area contributed by atoms with Gasteiger partial charge in [0.05, 0.1) is 12.4 Å². The second-order valence-corrected chi connectivity index (χ2v) is 6.85. The van der Waals surface area contributed by atoms with Crippen LogP contribution in [-0.2, 0) is 4.79 Å². The third-order valence-corrected chi connectivity index (χ3v) is 5.22. The number of hydrogen-bond acceptors (Lipinski definition) is 3. The van der Waals surface area contributed by atoms with Crippen molar-refractivity contribution in [3.05, 3.63) is 28.7 Å². The molecule has 20 heavy (non-hydrogen) atoms. The van der Waals surface area contributed by atoms with E-state index in [0.717, 1.165) is 22.2 Å². The Hall–Kier alpha value is -0.520. The van der Waals surface area contributed by atoms with Crippen molar-refractivity contribution in [3.8, 4) is 0 Å².